The van der Waals surface area contributed by atoms with E-state index in [4.69, 9.17) is 25.7 Å². The van der Waals surface area contributed by atoms with Gasteiger partial charge in [-0.2, -0.15) is 0 Å². The van der Waals surface area contributed by atoms with Crippen LogP contribution in [0.3, 0.4) is 0 Å². The van der Waals surface area contributed by atoms with Crippen molar-refractivity contribution in [2.75, 3.05) is 24.7 Å². The fourth-order valence-corrected chi connectivity index (χ4v) is 4.58. The minimum Gasteiger partial charge on any atom is -0.462 e. The number of ether oxygens (including phenoxy) is 3. The van der Waals surface area contributed by atoms with Crippen LogP contribution in [0.1, 0.15) is 79.3 Å². The Balaban J connectivity index is 1.32. The number of anilines is 2. The van der Waals surface area contributed by atoms with Crippen molar-refractivity contribution in [3.63, 3.8) is 0 Å². The number of benzene rings is 2. The van der Waals surface area contributed by atoms with Crippen LogP contribution in [0.15, 0.2) is 61.2 Å². The Bertz CT molecular complexity index is 1090. The lowest BCUT2D eigenvalue weighted by Gasteiger charge is -2.28. The van der Waals surface area contributed by atoms with Crippen molar-refractivity contribution in [3.8, 4) is 0 Å². The van der Waals surface area contributed by atoms with Crippen molar-refractivity contribution < 1.29 is 23.8 Å². The molecule has 2 aromatic carbocycles. The molecule has 0 unspecified atom stereocenters. The lowest BCUT2D eigenvalue weighted by molar-refractivity contribution is -0.137. The highest BCUT2D eigenvalue weighted by molar-refractivity contribution is 5.90. The van der Waals surface area contributed by atoms with Crippen molar-refractivity contribution >= 4 is 29.4 Å². The molecule has 1 fully saturated rings. The first-order chi connectivity index (χ1) is 18.9. The van der Waals surface area contributed by atoms with Gasteiger partial charge in [-0.15, -0.1) is 6.58 Å². The minimum absolute atomic E-state index is 0.0748. The van der Waals surface area contributed by atoms with E-state index in [9.17, 15) is 9.59 Å². The monoisotopic (exact) mass is 534 g/mol. The summed E-state index contributed by atoms with van der Waals surface area (Å²) in [6, 6.07) is 12.3. The van der Waals surface area contributed by atoms with Gasteiger partial charge in [-0.3, -0.25) is 0 Å². The SMILES string of the molecule is C=CCCCCCCOC1CCC(OC(=O)c2ccc(C=CC(=O)OCCc3ccc(N)cc3N)cc2)CC1. The number of carbonyl (C=O) groups excluding carboxylic acids is 2. The van der Waals surface area contributed by atoms with Crippen LogP contribution in [0, 0.1) is 0 Å². The molecule has 0 bridgehead atoms. The number of rotatable bonds is 15. The van der Waals surface area contributed by atoms with Gasteiger partial charge in [0, 0.05) is 30.5 Å². The molecule has 39 heavy (non-hydrogen) atoms. The summed E-state index contributed by atoms with van der Waals surface area (Å²) >= 11 is 0. The van der Waals surface area contributed by atoms with E-state index in [0.717, 1.165) is 56.3 Å². The molecule has 0 aromatic heterocycles. The number of esters is 2. The summed E-state index contributed by atoms with van der Waals surface area (Å²) in [6.45, 7) is 4.77. The summed E-state index contributed by atoms with van der Waals surface area (Å²) in [4.78, 5) is 24.6. The van der Waals surface area contributed by atoms with E-state index in [1.807, 2.05) is 12.1 Å². The number of nitrogen functional groups attached to an aromatic ring is 2. The fraction of sp³-hybridized carbons (Fsp3) is 0.438. The highest BCUT2D eigenvalue weighted by atomic mass is 16.5. The molecule has 0 spiro atoms. The predicted molar refractivity (Wildman–Crippen MR) is 156 cm³/mol. The molecule has 1 aliphatic carbocycles. The zero-order chi connectivity index (χ0) is 27.9. The largest absolute Gasteiger partial charge is 0.462 e. The maximum absolute atomic E-state index is 12.6. The number of unbranched alkanes of at least 4 members (excludes halogenated alkanes) is 4. The van der Waals surface area contributed by atoms with E-state index in [0.29, 0.717) is 23.4 Å². The van der Waals surface area contributed by atoms with Gasteiger partial charge in [0.1, 0.15) is 6.10 Å². The molecule has 7 heteroatoms. The molecule has 0 aliphatic heterocycles. The number of hydrogen-bond donors (Lipinski definition) is 2. The Morgan fingerprint density at radius 2 is 1.62 bits per heavy atom. The van der Waals surface area contributed by atoms with Crippen LogP contribution in [0.4, 0.5) is 11.4 Å². The van der Waals surface area contributed by atoms with Crippen LogP contribution in [-0.2, 0) is 25.4 Å². The predicted octanol–water partition coefficient (Wildman–Crippen LogP) is 6.27. The average Bonchev–Trinajstić information content (AvgIpc) is 2.94. The van der Waals surface area contributed by atoms with Gasteiger partial charge in [0.15, 0.2) is 0 Å². The topological polar surface area (TPSA) is 114 Å². The van der Waals surface area contributed by atoms with Gasteiger partial charge in [0.05, 0.1) is 18.3 Å². The van der Waals surface area contributed by atoms with Gasteiger partial charge in [-0.05, 0) is 86.4 Å². The molecule has 3 rings (SSSR count). The third kappa shape index (κ3) is 11.0. The van der Waals surface area contributed by atoms with Crippen LogP contribution in [0.5, 0.6) is 0 Å². The Hall–Kier alpha value is -3.58. The first-order valence-electron chi connectivity index (χ1n) is 14.0. The average molecular weight is 535 g/mol. The van der Waals surface area contributed by atoms with E-state index < -0.39 is 5.97 Å². The van der Waals surface area contributed by atoms with Crippen molar-refractivity contribution in [2.24, 2.45) is 0 Å². The molecule has 0 atom stereocenters. The van der Waals surface area contributed by atoms with Crippen molar-refractivity contribution in [1.82, 2.24) is 0 Å². The zero-order valence-electron chi connectivity index (χ0n) is 22.8. The maximum atomic E-state index is 12.6. The highest BCUT2D eigenvalue weighted by Crippen LogP contribution is 2.25. The Kier molecular flexibility index (Phi) is 12.6. The lowest BCUT2D eigenvalue weighted by Crippen LogP contribution is -2.28. The number of hydrogen-bond acceptors (Lipinski definition) is 7. The van der Waals surface area contributed by atoms with Gasteiger partial charge in [-0.25, -0.2) is 9.59 Å². The van der Waals surface area contributed by atoms with Gasteiger partial charge in [0.25, 0.3) is 0 Å². The zero-order valence-corrected chi connectivity index (χ0v) is 22.8. The second-order valence-corrected chi connectivity index (χ2v) is 10.00. The van der Waals surface area contributed by atoms with Gasteiger partial charge >= 0.3 is 11.9 Å². The summed E-state index contributed by atoms with van der Waals surface area (Å²) in [5, 5.41) is 0. The summed E-state index contributed by atoms with van der Waals surface area (Å²) in [5.74, 6) is -0.772. The number of allylic oxidation sites excluding steroid dienone is 1. The highest BCUT2D eigenvalue weighted by Gasteiger charge is 2.24. The molecule has 1 saturated carbocycles. The van der Waals surface area contributed by atoms with Crippen LogP contribution in [0.2, 0.25) is 0 Å². The van der Waals surface area contributed by atoms with E-state index in [-0.39, 0.29) is 24.8 Å². The van der Waals surface area contributed by atoms with Crippen LogP contribution in [0.25, 0.3) is 6.08 Å². The summed E-state index contributed by atoms with van der Waals surface area (Å²) in [6.07, 6.45) is 15.0. The van der Waals surface area contributed by atoms with Crippen LogP contribution < -0.4 is 11.5 Å². The molecule has 0 radical (unpaired) electrons. The minimum atomic E-state index is -0.449. The molecule has 0 saturated heterocycles. The molecule has 2 aromatic rings. The summed E-state index contributed by atoms with van der Waals surface area (Å²) in [5.41, 5.74) is 15.0. The molecule has 4 N–H and O–H groups in total. The van der Waals surface area contributed by atoms with Crippen molar-refractivity contribution in [3.05, 3.63) is 77.9 Å². The molecule has 210 valence electrons. The van der Waals surface area contributed by atoms with E-state index in [1.54, 1.807) is 42.5 Å². The molecular formula is C32H42N2O5. The smallest absolute Gasteiger partial charge is 0.338 e. The molecule has 0 amide bonds. The maximum Gasteiger partial charge on any atom is 0.338 e. The normalized spacial score (nSPS) is 17.1. The summed E-state index contributed by atoms with van der Waals surface area (Å²) < 4.78 is 17.0. The Morgan fingerprint density at radius 1 is 0.897 bits per heavy atom. The first-order valence-corrected chi connectivity index (χ1v) is 14.0. The van der Waals surface area contributed by atoms with Crippen molar-refractivity contribution in [1.29, 1.82) is 0 Å². The molecule has 7 nitrogen and oxygen atoms in total. The lowest BCUT2D eigenvalue weighted by atomic mass is 9.95. The Morgan fingerprint density at radius 3 is 2.33 bits per heavy atom. The van der Waals surface area contributed by atoms with E-state index in [1.165, 1.54) is 25.3 Å². The third-order valence-corrected chi connectivity index (χ3v) is 6.89. The summed E-state index contributed by atoms with van der Waals surface area (Å²) in [7, 11) is 0. The number of carbonyl (C=O) groups is 2. The fourth-order valence-electron chi connectivity index (χ4n) is 4.58. The second-order valence-electron chi connectivity index (χ2n) is 10.00. The standard InChI is InChI=1S/C32H42N2O5/c1-2-3-4-5-6-7-21-37-28-15-17-29(18-16-28)39-32(36)26-11-8-24(9-12-26)10-19-31(35)38-22-20-25-13-14-27(33)23-30(25)34/h2,8-14,19,23,28-29H,1,3-7,15-18,20-22,33-34H2. The van der Waals surface area contributed by atoms with E-state index in [2.05, 4.69) is 6.58 Å². The van der Waals surface area contributed by atoms with Gasteiger partial charge in [-0.1, -0.05) is 37.1 Å². The quantitative estimate of drug-likeness (QED) is 0.0910. The van der Waals surface area contributed by atoms with Gasteiger partial charge < -0.3 is 25.7 Å². The first kappa shape index (κ1) is 30.0. The second kappa shape index (κ2) is 16.4. The molecule has 1 aliphatic rings. The van der Waals surface area contributed by atoms with Crippen LogP contribution in [-0.4, -0.2) is 37.4 Å². The van der Waals surface area contributed by atoms with E-state index >= 15 is 0 Å². The van der Waals surface area contributed by atoms with Crippen LogP contribution >= 0.6 is 0 Å². The third-order valence-electron chi connectivity index (χ3n) is 6.89. The van der Waals surface area contributed by atoms with Gasteiger partial charge in [0.2, 0.25) is 0 Å². The molecule has 0 heterocycles. The van der Waals surface area contributed by atoms with Crippen molar-refractivity contribution in [2.45, 2.75) is 76.4 Å². The number of nitrogens with two attached hydrogens (primary N) is 2. The Labute approximate surface area is 232 Å². The molecular weight excluding hydrogens is 492 g/mol.